The van der Waals surface area contributed by atoms with E-state index in [4.69, 9.17) is 17.0 Å². The van der Waals surface area contributed by atoms with Gasteiger partial charge in [-0.25, -0.2) is 0 Å². The number of phenols is 1. The molecule has 2 N–H and O–H groups in total. The third-order valence-electron chi connectivity index (χ3n) is 3.65. The molecule has 0 saturated carbocycles. The summed E-state index contributed by atoms with van der Waals surface area (Å²) in [5, 5.41) is 17.1. The van der Waals surface area contributed by atoms with E-state index in [1.165, 1.54) is 0 Å². The minimum absolute atomic E-state index is 0. The van der Waals surface area contributed by atoms with Gasteiger partial charge in [-0.05, 0) is 24.4 Å². The molecule has 1 aliphatic rings. The molecule has 0 spiro atoms. The number of morpholine rings is 1. The highest BCUT2D eigenvalue weighted by Gasteiger charge is 2.15. The molecule has 1 fully saturated rings. The highest BCUT2D eigenvalue weighted by molar-refractivity contribution is 7.71. The first-order chi connectivity index (χ1) is 10.3. The molecular weight excluding hydrogens is 324 g/mol. The second kappa shape index (κ2) is 7.73. The number of H-pyrrole nitrogens is 1. The summed E-state index contributed by atoms with van der Waals surface area (Å²) in [6.07, 6.45) is 0. The van der Waals surface area contributed by atoms with E-state index < -0.39 is 0 Å². The summed E-state index contributed by atoms with van der Waals surface area (Å²) >= 11 is 5.30. The van der Waals surface area contributed by atoms with Gasteiger partial charge in [0.05, 0.1) is 18.8 Å². The zero-order valence-electron chi connectivity index (χ0n) is 12.1. The number of hydrogen-bond donors (Lipinski definition) is 2. The Balaban J connectivity index is 0.00000176. The first kappa shape index (κ1) is 17.0. The molecule has 120 valence electrons. The number of nitrogens with one attached hydrogen (secondary N) is 1. The molecule has 0 aliphatic carbocycles. The minimum atomic E-state index is 0. The van der Waals surface area contributed by atoms with Gasteiger partial charge in [0.1, 0.15) is 5.75 Å². The van der Waals surface area contributed by atoms with Crippen molar-refractivity contribution in [1.29, 1.82) is 0 Å². The van der Waals surface area contributed by atoms with Gasteiger partial charge in [0, 0.05) is 26.2 Å². The number of nitrogens with zero attached hydrogens (tertiary/aromatic N) is 3. The Hall–Kier alpha value is -1.41. The molecular formula is C14H19ClN4O2S. The standard InChI is InChI=1S/C14H18N4O2S.ClH/c19-12-4-2-1-3-11(12)13-15-16-14(21)18(13)6-5-17-7-9-20-10-8-17;/h1-4,19H,5-10H2,(H,16,21);1H. The van der Waals surface area contributed by atoms with E-state index in [0.717, 1.165) is 39.4 Å². The van der Waals surface area contributed by atoms with Gasteiger partial charge in [0.25, 0.3) is 0 Å². The van der Waals surface area contributed by atoms with E-state index in [0.29, 0.717) is 16.2 Å². The Morgan fingerprint density at radius 1 is 1.23 bits per heavy atom. The molecule has 22 heavy (non-hydrogen) atoms. The number of hydrogen-bond acceptors (Lipinski definition) is 5. The Morgan fingerprint density at radius 2 is 1.95 bits per heavy atom. The Morgan fingerprint density at radius 3 is 2.68 bits per heavy atom. The summed E-state index contributed by atoms with van der Waals surface area (Å²) in [5.41, 5.74) is 0.687. The molecule has 8 heteroatoms. The average molecular weight is 343 g/mol. The van der Waals surface area contributed by atoms with Gasteiger partial charge >= 0.3 is 0 Å². The van der Waals surface area contributed by atoms with E-state index in [1.54, 1.807) is 12.1 Å². The van der Waals surface area contributed by atoms with Crippen molar-refractivity contribution in [2.75, 3.05) is 32.8 Å². The van der Waals surface area contributed by atoms with Crippen molar-refractivity contribution in [1.82, 2.24) is 19.7 Å². The molecule has 0 atom stereocenters. The lowest BCUT2D eigenvalue weighted by Gasteiger charge is -2.26. The van der Waals surface area contributed by atoms with Crippen LogP contribution in [-0.4, -0.2) is 57.6 Å². The van der Waals surface area contributed by atoms with Gasteiger partial charge in [0.15, 0.2) is 10.6 Å². The lowest BCUT2D eigenvalue weighted by atomic mass is 10.2. The summed E-state index contributed by atoms with van der Waals surface area (Å²) < 4.78 is 7.85. The van der Waals surface area contributed by atoms with Gasteiger partial charge < -0.3 is 9.84 Å². The first-order valence-electron chi connectivity index (χ1n) is 6.99. The SMILES string of the molecule is Cl.Oc1ccccc1-c1n[nH]c(=S)n1CCN1CCOCC1. The Bertz CT molecular complexity index is 667. The quantitative estimate of drug-likeness (QED) is 0.833. The van der Waals surface area contributed by atoms with Crippen molar-refractivity contribution in [2.24, 2.45) is 0 Å². The van der Waals surface area contributed by atoms with Gasteiger partial charge in [-0.15, -0.1) is 12.4 Å². The largest absolute Gasteiger partial charge is 0.507 e. The number of benzene rings is 1. The van der Waals surface area contributed by atoms with E-state index in [2.05, 4.69) is 15.1 Å². The maximum Gasteiger partial charge on any atom is 0.195 e. The van der Waals surface area contributed by atoms with Crippen molar-refractivity contribution in [3.05, 3.63) is 29.0 Å². The van der Waals surface area contributed by atoms with E-state index in [9.17, 15) is 5.11 Å². The van der Waals surface area contributed by atoms with Crippen LogP contribution in [0.5, 0.6) is 5.75 Å². The number of para-hydroxylation sites is 1. The normalized spacial score (nSPS) is 15.5. The molecule has 0 amide bonds. The molecule has 1 aliphatic heterocycles. The van der Waals surface area contributed by atoms with Crippen LogP contribution in [0.3, 0.4) is 0 Å². The average Bonchev–Trinajstić information content (AvgIpc) is 2.88. The second-order valence-electron chi connectivity index (χ2n) is 4.98. The number of ether oxygens (including phenoxy) is 1. The van der Waals surface area contributed by atoms with E-state index in [1.807, 2.05) is 16.7 Å². The van der Waals surface area contributed by atoms with Gasteiger partial charge in [-0.2, -0.15) is 5.10 Å². The van der Waals surface area contributed by atoms with Crippen LogP contribution in [0.1, 0.15) is 0 Å². The minimum Gasteiger partial charge on any atom is -0.507 e. The van der Waals surface area contributed by atoms with Crippen LogP contribution in [-0.2, 0) is 11.3 Å². The fraction of sp³-hybridized carbons (Fsp3) is 0.429. The highest BCUT2D eigenvalue weighted by atomic mass is 35.5. The Labute approximate surface area is 140 Å². The van der Waals surface area contributed by atoms with E-state index in [-0.39, 0.29) is 18.2 Å². The van der Waals surface area contributed by atoms with E-state index >= 15 is 0 Å². The van der Waals surface area contributed by atoms with Gasteiger partial charge in [0.2, 0.25) is 0 Å². The smallest absolute Gasteiger partial charge is 0.195 e. The molecule has 1 aromatic carbocycles. The summed E-state index contributed by atoms with van der Waals surface area (Å²) in [6, 6.07) is 7.15. The summed E-state index contributed by atoms with van der Waals surface area (Å²) in [7, 11) is 0. The summed E-state index contributed by atoms with van der Waals surface area (Å²) in [5.74, 6) is 0.880. The number of aromatic nitrogens is 3. The van der Waals surface area contributed by atoms with Crippen LogP contribution in [0.15, 0.2) is 24.3 Å². The maximum atomic E-state index is 9.99. The lowest BCUT2D eigenvalue weighted by molar-refractivity contribution is 0.0364. The molecule has 0 bridgehead atoms. The van der Waals surface area contributed by atoms with Crippen molar-refractivity contribution in [2.45, 2.75) is 6.54 Å². The summed E-state index contributed by atoms with van der Waals surface area (Å²) in [6.45, 7) is 5.07. The fourth-order valence-corrected chi connectivity index (χ4v) is 2.68. The van der Waals surface area contributed by atoms with Gasteiger partial charge in [-0.1, -0.05) is 12.1 Å². The zero-order valence-corrected chi connectivity index (χ0v) is 13.7. The number of aromatic hydroxyl groups is 1. The zero-order chi connectivity index (χ0) is 14.7. The summed E-state index contributed by atoms with van der Waals surface area (Å²) in [4.78, 5) is 2.34. The predicted molar refractivity (Wildman–Crippen MR) is 89.0 cm³/mol. The van der Waals surface area contributed by atoms with Crippen LogP contribution in [0.25, 0.3) is 11.4 Å². The lowest BCUT2D eigenvalue weighted by Crippen LogP contribution is -2.38. The Kier molecular flexibility index (Phi) is 5.96. The third-order valence-corrected chi connectivity index (χ3v) is 3.96. The van der Waals surface area contributed by atoms with Crippen LogP contribution in [0.2, 0.25) is 0 Å². The van der Waals surface area contributed by atoms with Crippen molar-refractivity contribution >= 4 is 24.6 Å². The number of rotatable bonds is 4. The predicted octanol–water partition coefficient (Wildman–Crippen LogP) is 2.07. The maximum absolute atomic E-state index is 9.99. The number of aromatic amines is 1. The topological polar surface area (TPSA) is 66.3 Å². The molecule has 1 saturated heterocycles. The van der Waals surface area contributed by atoms with Crippen LogP contribution in [0, 0.1) is 4.77 Å². The van der Waals surface area contributed by atoms with Crippen molar-refractivity contribution in [3.8, 4) is 17.1 Å². The van der Waals surface area contributed by atoms with Crippen LogP contribution >= 0.6 is 24.6 Å². The molecule has 1 aromatic heterocycles. The van der Waals surface area contributed by atoms with Crippen LogP contribution < -0.4 is 0 Å². The third kappa shape index (κ3) is 3.67. The molecule has 3 rings (SSSR count). The second-order valence-corrected chi connectivity index (χ2v) is 5.36. The van der Waals surface area contributed by atoms with Crippen LogP contribution in [0.4, 0.5) is 0 Å². The van der Waals surface area contributed by atoms with Crippen molar-refractivity contribution < 1.29 is 9.84 Å². The first-order valence-corrected chi connectivity index (χ1v) is 7.40. The molecule has 0 radical (unpaired) electrons. The number of halogens is 1. The monoisotopic (exact) mass is 342 g/mol. The molecule has 0 unspecified atom stereocenters. The highest BCUT2D eigenvalue weighted by Crippen LogP contribution is 2.26. The number of phenolic OH excluding ortho intramolecular Hbond substituents is 1. The fourth-order valence-electron chi connectivity index (χ4n) is 2.46. The molecule has 2 heterocycles. The van der Waals surface area contributed by atoms with Crippen molar-refractivity contribution in [3.63, 3.8) is 0 Å². The van der Waals surface area contributed by atoms with Gasteiger partial charge in [-0.3, -0.25) is 14.6 Å². The molecule has 6 nitrogen and oxygen atoms in total. The molecule has 2 aromatic rings.